The lowest BCUT2D eigenvalue weighted by atomic mass is 10.2. The van der Waals surface area contributed by atoms with Crippen LogP contribution in [0.25, 0.3) is 16.7 Å². The van der Waals surface area contributed by atoms with Crippen molar-refractivity contribution in [3.63, 3.8) is 0 Å². The first kappa shape index (κ1) is 16.7. The molecule has 0 amide bonds. The molecule has 27 heavy (non-hydrogen) atoms. The summed E-state index contributed by atoms with van der Waals surface area (Å²) in [5.41, 5.74) is 1.13. The van der Waals surface area contributed by atoms with Gasteiger partial charge in [-0.3, -0.25) is 23.9 Å². The van der Waals surface area contributed by atoms with Crippen LogP contribution in [0.5, 0.6) is 5.75 Å². The van der Waals surface area contributed by atoms with E-state index in [4.69, 9.17) is 4.74 Å². The van der Waals surface area contributed by atoms with Crippen molar-refractivity contribution in [1.82, 2.24) is 19.2 Å². The molecule has 2 heterocycles. The van der Waals surface area contributed by atoms with Gasteiger partial charge in [-0.25, -0.2) is 0 Å². The van der Waals surface area contributed by atoms with Gasteiger partial charge in [0.2, 0.25) is 5.78 Å². The quantitative estimate of drug-likeness (QED) is 0.406. The van der Waals surface area contributed by atoms with Crippen LogP contribution in [-0.2, 0) is 13.7 Å². The maximum atomic E-state index is 12.5. The van der Waals surface area contributed by atoms with Crippen molar-refractivity contribution in [3.8, 4) is 5.75 Å². The Bertz CT molecular complexity index is 1260. The zero-order valence-corrected chi connectivity index (χ0v) is 14.6. The second-order valence-electron chi connectivity index (χ2n) is 6.15. The smallest absolute Gasteiger partial charge is 0.311 e. The summed E-state index contributed by atoms with van der Waals surface area (Å²) in [6.45, 7) is 1.74. The van der Waals surface area contributed by atoms with E-state index in [0.717, 1.165) is 5.56 Å². The van der Waals surface area contributed by atoms with E-state index in [2.05, 4.69) is 10.2 Å². The number of hydrogen-bond donors (Lipinski definition) is 0. The first-order valence-electron chi connectivity index (χ1n) is 8.17. The number of hydrogen-bond acceptors (Lipinski definition) is 6. The summed E-state index contributed by atoms with van der Waals surface area (Å²) in [5.74, 6) is 0.957. The number of nitro groups is 1. The molecule has 0 atom stereocenters. The molecule has 4 aromatic rings. The van der Waals surface area contributed by atoms with E-state index in [1.165, 1.54) is 10.6 Å². The molecule has 0 aliphatic rings. The minimum Gasteiger partial charge on any atom is -0.479 e. The van der Waals surface area contributed by atoms with Crippen molar-refractivity contribution in [2.45, 2.75) is 13.5 Å². The van der Waals surface area contributed by atoms with Crippen LogP contribution in [0.3, 0.4) is 0 Å². The molecule has 0 N–H and O–H groups in total. The van der Waals surface area contributed by atoms with Gasteiger partial charge in [0.1, 0.15) is 6.61 Å². The van der Waals surface area contributed by atoms with E-state index in [1.807, 2.05) is 6.07 Å². The predicted molar refractivity (Wildman–Crippen MR) is 97.9 cm³/mol. The number of nitro benzene ring substituents is 1. The summed E-state index contributed by atoms with van der Waals surface area (Å²) < 4.78 is 8.80. The Hall–Kier alpha value is -3.75. The van der Waals surface area contributed by atoms with Crippen molar-refractivity contribution in [2.75, 3.05) is 0 Å². The second-order valence-corrected chi connectivity index (χ2v) is 6.15. The highest BCUT2D eigenvalue weighted by Crippen LogP contribution is 2.28. The van der Waals surface area contributed by atoms with Gasteiger partial charge in [-0.15, -0.1) is 10.2 Å². The fourth-order valence-corrected chi connectivity index (χ4v) is 3.02. The van der Waals surface area contributed by atoms with Gasteiger partial charge in [0.15, 0.2) is 11.6 Å². The molecule has 0 saturated heterocycles. The molecule has 0 saturated carbocycles. The highest BCUT2D eigenvalue weighted by molar-refractivity contribution is 5.80. The lowest BCUT2D eigenvalue weighted by Gasteiger charge is -2.09. The third-order valence-electron chi connectivity index (χ3n) is 4.36. The molecule has 9 heteroatoms. The van der Waals surface area contributed by atoms with Crippen LogP contribution in [-0.4, -0.2) is 24.1 Å². The molecule has 0 radical (unpaired) electrons. The maximum Gasteiger partial charge on any atom is 0.311 e. The number of nitrogens with zero attached hydrogens (tertiary/aromatic N) is 5. The van der Waals surface area contributed by atoms with Gasteiger partial charge in [0.05, 0.1) is 15.8 Å². The molecule has 9 nitrogen and oxygen atoms in total. The Labute approximate surface area is 152 Å². The van der Waals surface area contributed by atoms with Gasteiger partial charge in [0.25, 0.3) is 5.56 Å². The zero-order chi connectivity index (χ0) is 19.1. The largest absolute Gasteiger partial charge is 0.479 e. The Morgan fingerprint density at radius 2 is 1.96 bits per heavy atom. The van der Waals surface area contributed by atoms with Crippen LogP contribution in [0.15, 0.2) is 47.3 Å². The summed E-state index contributed by atoms with van der Waals surface area (Å²) in [6, 6.07) is 11.9. The van der Waals surface area contributed by atoms with Gasteiger partial charge < -0.3 is 4.74 Å². The minimum atomic E-state index is -0.483. The first-order chi connectivity index (χ1) is 13.0. The highest BCUT2D eigenvalue weighted by atomic mass is 16.6. The lowest BCUT2D eigenvalue weighted by Crippen LogP contribution is -2.20. The van der Waals surface area contributed by atoms with Crippen LogP contribution in [0, 0.1) is 17.0 Å². The van der Waals surface area contributed by atoms with Gasteiger partial charge in [-0.2, -0.15) is 0 Å². The molecule has 0 unspecified atom stereocenters. The number of rotatable bonds is 4. The number of benzene rings is 2. The SMILES string of the molecule is Cc1ccc(OCc2nnc3n(C)c(=O)c4ccccc4n23)c([N+](=O)[O-])c1. The van der Waals surface area contributed by atoms with Crippen LogP contribution in [0.2, 0.25) is 0 Å². The topological polar surface area (TPSA) is 105 Å². The fraction of sp³-hybridized carbons (Fsp3) is 0.167. The molecule has 0 fully saturated rings. The number of para-hydroxylation sites is 1. The molecule has 2 aromatic carbocycles. The van der Waals surface area contributed by atoms with E-state index in [0.29, 0.717) is 22.5 Å². The molecular formula is C18H15N5O4. The van der Waals surface area contributed by atoms with Gasteiger partial charge in [-0.05, 0) is 30.7 Å². The van der Waals surface area contributed by atoms with Crippen molar-refractivity contribution in [3.05, 3.63) is 74.3 Å². The number of fused-ring (bicyclic) bond motifs is 3. The third-order valence-corrected chi connectivity index (χ3v) is 4.36. The first-order valence-corrected chi connectivity index (χ1v) is 8.17. The van der Waals surface area contributed by atoms with Crippen LogP contribution in [0.4, 0.5) is 5.69 Å². The average molecular weight is 365 g/mol. The monoisotopic (exact) mass is 365 g/mol. The summed E-state index contributed by atoms with van der Waals surface area (Å²) >= 11 is 0. The molecule has 0 aliphatic carbocycles. The van der Waals surface area contributed by atoms with E-state index < -0.39 is 4.92 Å². The van der Waals surface area contributed by atoms with Gasteiger partial charge >= 0.3 is 5.69 Å². The maximum absolute atomic E-state index is 12.5. The lowest BCUT2D eigenvalue weighted by molar-refractivity contribution is -0.386. The van der Waals surface area contributed by atoms with Crippen LogP contribution >= 0.6 is 0 Å². The molecule has 0 aliphatic heterocycles. The Balaban J connectivity index is 1.81. The third kappa shape index (κ3) is 2.69. The van der Waals surface area contributed by atoms with E-state index >= 15 is 0 Å². The Kier molecular flexibility index (Phi) is 3.84. The van der Waals surface area contributed by atoms with Crippen molar-refractivity contribution >= 4 is 22.4 Å². The van der Waals surface area contributed by atoms with Crippen LogP contribution in [0.1, 0.15) is 11.4 Å². The zero-order valence-electron chi connectivity index (χ0n) is 14.6. The molecule has 4 rings (SSSR count). The normalized spacial score (nSPS) is 11.2. The van der Waals surface area contributed by atoms with Crippen molar-refractivity contribution in [1.29, 1.82) is 0 Å². The van der Waals surface area contributed by atoms with Crippen molar-refractivity contribution in [2.24, 2.45) is 7.05 Å². The van der Waals surface area contributed by atoms with Crippen molar-refractivity contribution < 1.29 is 9.66 Å². The van der Waals surface area contributed by atoms with E-state index in [9.17, 15) is 14.9 Å². The minimum absolute atomic E-state index is 0.0345. The second kappa shape index (κ2) is 6.20. The fourth-order valence-electron chi connectivity index (χ4n) is 3.02. The summed E-state index contributed by atoms with van der Waals surface area (Å²) in [7, 11) is 1.62. The molecule has 0 bridgehead atoms. The Morgan fingerprint density at radius 3 is 2.74 bits per heavy atom. The van der Waals surface area contributed by atoms with Crippen LogP contribution < -0.4 is 10.3 Å². The highest BCUT2D eigenvalue weighted by Gasteiger charge is 2.18. The van der Waals surface area contributed by atoms with Gasteiger partial charge in [-0.1, -0.05) is 18.2 Å². The van der Waals surface area contributed by atoms with E-state index in [1.54, 1.807) is 48.7 Å². The standard InChI is InChI=1S/C18H15N5O4/c1-11-7-8-15(14(9-11)23(25)26)27-10-16-19-20-18-21(2)17(24)12-5-3-4-6-13(12)22(16)18/h3-9H,10H2,1-2H3. The number of ether oxygens (including phenoxy) is 1. The van der Waals surface area contributed by atoms with Gasteiger partial charge in [0, 0.05) is 13.1 Å². The number of aromatic nitrogens is 4. The van der Waals surface area contributed by atoms with E-state index in [-0.39, 0.29) is 23.6 Å². The molecular weight excluding hydrogens is 350 g/mol. The number of aryl methyl sites for hydroxylation is 2. The predicted octanol–water partition coefficient (Wildman–Crippen LogP) is 2.38. The summed E-state index contributed by atoms with van der Waals surface area (Å²) in [5, 5.41) is 20.0. The summed E-state index contributed by atoms with van der Waals surface area (Å²) in [4.78, 5) is 23.2. The molecule has 0 spiro atoms. The average Bonchev–Trinajstić information content (AvgIpc) is 3.09. The summed E-state index contributed by atoms with van der Waals surface area (Å²) in [6.07, 6.45) is 0. The Morgan fingerprint density at radius 1 is 1.19 bits per heavy atom. The molecule has 136 valence electrons. The molecule has 2 aromatic heterocycles.